The molecule has 0 amide bonds. The molecule has 0 radical (unpaired) electrons. The molecule has 1 aliphatic heterocycles. The number of ether oxygens (including phenoxy) is 2. The van der Waals surface area contributed by atoms with Crippen LogP contribution in [0.25, 0.3) is 0 Å². The third-order valence-electron chi connectivity index (χ3n) is 3.59. The lowest BCUT2D eigenvalue weighted by atomic mass is 10.2. The summed E-state index contributed by atoms with van der Waals surface area (Å²) in [6.07, 6.45) is -0.00246. The molecule has 0 aromatic heterocycles. The molecule has 1 fully saturated rings. The van der Waals surface area contributed by atoms with E-state index in [1.54, 1.807) is 12.1 Å². The minimum absolute atomic E-state index is 0.00104. The highest BCUT2D eigenvalue weighted by atomic mass is 32.2. The van der Waals surface area contributed by atoms with Crippen LogP contribution in [0.2, 0.25) is 0 Å². The molecule has 0 aliphatic carbocycles. The van der Waals surface area contributed by atoms with Gasteiger partial charge in [0.1, 0.15) is 18.5 Å². The van der Waals surface area contributed by atoms with Crippen molar-refractivity contribution in [2.75, 3.05) is 13.2 Å². The third-order valence-corrected chi connectivity index (χ3v) is 5.39. The van der Waals surface area contributed by atoms with Crippen LogP contribution in [-0.4, -0.2) is 32.7 Å². The van der Waals surface area contributed by atoms with Crippen LogP contribution in [-0.2, 0) is 14.6 Å². The predicted octanol–water partition coefficient (Wildman–Crippen LogP) is 2.51. The van der Waals surface area contributed by atoms with E-state index in [1.165, 1.54) is 24.3 Å². The van der Waals surface area contributed by atoms with E-state index in [9.17, 15) is 18.5 Å². The van der Waals surface area contributed by atoms with E-state index in [4.69, 9.17) is 9.47 Å². The minimum atomic E-state index is -4.03. The molecule has 1 aliphatic rings. The van der Waals surface area contributed by atoms with E-state index >= 15 is 0 Å². The highest BCUT2D eigenvalue weighted by Gasteiger charge is 2.29. The van der Waals surface area contributed by atoms with Crippen molar-refractivity contribution in [3.05, 3.63) is 58.1 Å². The van der Waals surface area contributed by atoms with Crippen molar-refractivity contribution in [1.29, 1.82) is 0 Å². The first kappa shape index (κ1) is 16.4. The topological polar surface area (TPSA) is 99.0 Å². The predicted molar refractivity (Wildman–Crippen MR) is 85.0 cm³/mol. The average molecular weight is 349 g/mol. The number of sulfone groups is 1. The van der Waals surface area contributed by atoms with Crippen molar-refractivity contribution >= 4 is 15.5 Å². The van der Waals surface area contributed by atoms with Gasteiger partial charge in [-0.05, 0) is 25.1 Å². The van der Waals surface area contributed by atoms with Crippen molar-refractivity contribution in [2.24, 2.45) is 0 Å². The molecule has 2 aromatic carbocycles. The summed E-state index contributed by atoms with van der Waals surface area (Å²) in [6, 6.07) is 9.86. The van der Waals surface area contributed by atoms with Gasteiger partial charge in [-0.2, -0.15) is 0 Å². The minimum Gasteiger partial charge on any atom is -0.491 e. The molecule has 1 heterocycles. The van der Waals surface area contributed by atoms with E-state index < -0.39 is 20.4 Å². The van der Waals surface area contributed by atoms with Gasteiger partial charge >= 0.3 is 0 Å². The maximum Gasteiger partial charge on any atom is 0.288 e. The number of benzene rings is 2. The number of hydrogen-bond donors (Lipinski definition) is 0. The smallest absolute Gasteiger partial charge is 0.288 e. The lowest BCUT2D eigenvalue weighted by Gasteiger charge is -2.09. The van der Waals surface area contributed by atoms with Gasteiger partial charge in [0, 0.05) is 12.1 Å². The largest absolute Gasteiger partial charge is 0.491 e. The van der Waals surface area contributed by atoms with Crippen molar-refractivity contribution in [3.8, 4) is 5.75 Å². The first-order chi connectivity index (χ1) is 11.4. The van der Waals surface area contributed by atoms with Gasteiger partial charge in [0.2, 0.25) is 9.84 Å². The molecule has 3 rings (SSSR count). The number of rotatable bonds is 6. The van der Waals surface area contributed by atoms with Gasteiger partial charge in [0.15, 0.2) is 4.90 Å². The molecule has 1 unspecified atom stereocenters. The number of nitro benzene ring substituents is 1. The molecule has 2 aromatic rings. The van der Waals surface area contributed by atoms with Crippen LogP contribution in [0, 0.1) is 17.0 Å². The van der Waals surface area contributed by atoms with Crippen LogP contribution in [0.5, 0.6) is 5.75 Å². The highest BCUT2D eigenvalue weighted by Crippen LogP contribution is 2.33. The van der Waals surface area contributed by atoms with Crippen molar-refractivity contribution < 1.29 is 22.8 Å². The van der Waals surface area contributed by atoms with Gasteiger partial charge in [-0.3, -0.25) is 10.1 Å². The highest BCUT2D eigenvalue weighted by molar-refractivity contribution is 7.91. The second kappa shape index (κ2) is 6.21. The van der Waals surface area contributed by atoms with E-state index in [-0.39, 0.29) is 28.3 Å². The fourth-order valence-electron chi connectivity index (χ4n) is 2.15. The standard InChI is InChI=1S/C16H15NO6S/c1-11-2-5-14(6-3-11)24(20,21)16-8-12(22-9-13-10-23-13)4-7-15(16)17(18)19/h2-8,13H,9-10H2,1H3. The van der Waals surface area contributed by atoms with Crippen LogP contribution in [0.1, 0.15) is 5.56 Å². The van der Waals surface area contributed by atoms with Crippen LogP contribution in [0.4, 0.5) is 5.69 Å². The van der Waals surface area contributed by atoms with Crippen LogP contribution >= 0.6 is 0 Å². The normalized spacial score (nSPS) is 16.6. The summed E-state index contributed by atoms with van der Waals surface area (Å²) < 4.78 is 36.0. The SMILES string of the molecule is Cc1ccc(S(=O)(=O)c2cc(OCC3CO3)ccc2[N+](=O)[O-])cc1. The van der Waals surface area contributed by atoms with E-state index in [0.717, 1.165) is 11.6 Å². The first-order valence-electron chi connectivity index (χ1n) is 7.22. The summed E-state index contributed by atoms with van der Waals surface area (Å²) in [5.41, 5.74) is 0.413. The molecule has 8 heteroatoms. The van der Waals surface area contributed by atoms with Crippen LogP contribution in [0.3, 0.4) is 0 Å². The maximum absolute atomic E-state index is 12.8. The zero-order valence-corrected chi connectivity index (χ0v) is 13.7. The van der Waals surface area contributed by atoms with Gasteiger partial charge in [0.25, 0.3) is 5.69 Å². The van der Waals surface area contributed by atoms with Gasteiger partial charge < -0.3 is 9.47 Å². The van der Waals surface area contributed by atoms with E-state index in [1.807, 2.05) is 6.92 Å². The second-order valence-electron chi connectivity index (χ2n) is 5.47. The van der Waals surface area contributed by atoms with E-state index in [2.05, 4.69) is 0 Å². The monoisotopic (exact) mass is 349 g/mol. The van der Waals surface area contributed by atoms with Crippen molar-refractivity contribution in [2.45, 2.75) is 22.8 Å². The Morgan fingerprint density at radius 2 is 1.92 bits per heavy atom. The van der Waals surface area contributed by atoms with E-state index in [0.29, 0.717) is 6.61 Å². The summed E-state index contributed by atoms with van der Waals surface area (Å²) in [6.45, 7) is 2.70. The molecule has 1 saturated heterocycles. The fraction of sp³-hybridized carbons (Fsp3) is 0.250. The molecule has 0 N–H and O–H groups in total. The van der Waals surface area contributed by atoms with Crippen molar-refractivity contribution in [3.63, 3.8) is 0 Å². The molecular formula is C16H15NO6S. The van der Waals surface area contributed by atoms with Crippen molar-refractivity contribution in [1.82, 2.24) is 0 Å². The third kappa shape index (κ3) is 3.39. The Kier molecular flexibility index (Phi) is 4.25. The average Bonchev–Trinajstić information content (AvgIpc) is 3.37. The number of nitrogens with zero attached hydrogens (tertiary/aromatic N) is 1. The zero-order valence-electron chi connectivity index (χ0n) is 12.8. The summed E-state index contributed by atoms with van der Waals surface area (Å²) in [4.78, 5) is 10.1. The molecule has 0 saturated carbocycles. The number of aryl methyl sites for hydroxylation is 1. The van der Waals surface area contributed by atoms with Crippen LogP contribution in [0.15, 0.2) is 52.3 Å². The van der Waals surface area contributed by atoms with Gasteiger partial charge in [-0.25, -0.2) is 8.42 Å². The second-order valence-corrected chi connectivity index (χ2v) is 7.39. The molecule has 7 nitrogen and oxygen atoms in total. The Bertz CT molecular complexity index is 872. The lowest BCUT2D eigenvalue weighted by Crippen LogP contribution is -2.08. The number of nitro groups is 1. The summed E-state index contributed by atoms with van der Waals surface area (Å²) in [5.74, 6) is 0.252. The number of epoxide rings is 1. The first-order valence-corrected chi connectivity index (χ1v) is 8.71. The Labute approximate surface area is 138 Å². The Balaban J connectivity index is 2.03. The molecule has 1 atom stereocenters. The van der Waals surface area contributed by atoms with Gasteiger partial charge in [-0.15, -0.1) is 0 Å². The summed E-state index contributed by atoms with van der Waals surface area (Å²) >= 11 is 0. The molecule has 24 heavy (non-hydrogen) atoms. The van der Waals surface area contributed by atoms with Gasteiger partial charge in [0.05, 0.1) is 16.4 Å². The zero-order chi connectivity index (χ0) is 17.3. The maximum atomic E-state index is 12.8. The van der Waals surface area contributed by atoms with Gasteiger partial charge in [-0.1, -0.05) is 17.7 Å². The summed E-state index contributed by atoms with van der Waals surface area (Å²) in [5, 5.41) is 11.2. The number of hydrogen-bond acceptors (Lipinski definition) is 6. The molecule has 0 spiro atoms. The molecular weight excluding hydrogens is 334 g/mol. The molecule has 0 bridgehead atoms. The Hall–Kier alpha value is -2.45. The summed E-state index contributed by atoms with van der Waals surface area (Å²) in [7, 11) is -4.03. The quantitative estimate of drug-likeness (QED) is 0.451. The Morgan fingerprint density at radius 3 is 2.50 bits per heavy atom. The molecule has 126 valence electrons. The lowest BCUT2D eigenvalue weighted by molar-refractivity contribution is -0.387. The Morgan fingerprint density at radius 1 is 1.25 bits per heavy atom. The fourth-order valence-corrected chi connectivity index (χ4v) is 3.59. The van der Waals surface area contributed by atoms with Crippen LogP contribution < -0.4 is 4.74 Å².